The molecule has 2 N–H and O–H groups in total. The van der Waals surface area contributed by atoms with Crippen molar-refractivity contribution < 1.29 is 33.7 Å². The van der Waals surface area contributed by atoms with Gasteiger partial charge in [0, 0.05) is 5.92 Å². The average Bonchev–Trinajstić information content (AvgIpc) is 3.33. The predicted molar refractivity (Wildman–Crippen MR) is 136 cm³/mol. The van der Waals surface area contributed by atoms with Crippen LogP contribution >= 0.6 is 0 Å². The molecule has 2 amide bonds. The normalized spacial score (nSPS) is 19.2. The predicted octanol–water partition coefficient (Wildman–Crippen LogP) is 3.76. The van der Waals surface area contributed by atoms with Crippen LogP contribution < -0.4 is 5.32 Å². The van der Waals surface area contributed by atoms with E-state index in [0.29, 0.717) is 0 Å². The summed E-state index contributed by atoms with van der Waals surface area (Å²) in [4.78, 5) is 39.4. The minimum atomic E-state index is -1.18. The molecule has 2 atom stereocenters. The van der Waals surface area contributed by atoms with Crippen molar-refractivity contribution in [2.24, 2.45) is 0 Å². The standard InChI is InChI=1S/C28H34N2O7/c1-27(2,3)36-15-22(24(31)30-23(25(32)33)16-37-28(30,4)5)29-26(34)35-14-21-19-12-8-6-10-17(19)18-11-7-9-13-20(18)21/h6-13,21-23H,14-16H2,1-5H3,(H,29,34)(H,32,33)/t22-,23-/m0/s1. The smallest absolute Gasteiger partial charge is 0.407 e. The summed E-state index contributed by atoms with van der Waals surface area (Å²) in [5.74, 6) is -1.94. The fourth-order valence-corrected chi connectivity index (χ4v) is 4.86. The first kappa shape index (κ1) is 26.6. The van der Waals surface area contributed by atoms with Crippen molar-refractivity contribution in [1.82, 2.24) is 10.2 Å². The van der Waals surface area contributed by atoms with Crippen molar-refractivity contribution in [2.75, 3.05) is 19.8 Å². The summed E-state index contributed by atoms with van der Waals surface area (Å²) in [5.41, 5.74) is 2.60. The van der Waals surface area contributed by atoms with E-state index in [1.807, 2.05) is 69.3 Å². The lowest BCUT2D eigenvalue weighted by Gasteiger charge is -2.35. The Bertz CT molecular complexity index is 1140. The Balaban J connectivity index is 1.50. The molecule has 0 unspecified atom stereocenters. The van der Waals surface area contributed by atoms with Crippen LogP contribution in [0.25, 0.3) is 11.1 Å². The largest absolute Gasteiger partial charge is 0.480 e. The molecular weight excluding hydrogens is 476 g/mol. The van der Waals surface area contributed by atoms with Gasteiger partial charge in [0.25, 0.3) is 5.91 Å². The highest BCUT2D eigenvalue weighted by Crippen LogP contribution is 2.44. The molecule has 198 valence electrons. The van der Waals surface area contributed by atoms with Crippen LogP contribution in [0.1, 0.15) is 51.7 Å². The summed E-state index contributed by atoms with van der Waals surface area (Å²) in [6, 6.07) is 13.6. The monoisotopic (exact) mass is 510 g/mol. The van der Waals surface area contributed by atoms with Gasteiger partial charge < -0.3 is 24.6 Å². The van der Waals surface area contributed by atoms with Gasteiger partial charge in [-0.1, -0.05) is 48.5 Å². The first-order valence-electron chi connectivity index (χ1n) is 12.3. The molecule has 1 saturated heterocycles. The lowest BCUT2D eigenvalue weighted by molar-refractivity contribution is -0.158. The van der Waals surface area contributed by atoms with E-state index >= 15 is 0 Å². The van der Waals surface area contributed by atoms with E-state index < -0.39 is 41.4 Å². The van der Waals surface area contributed by atoms with Crippen LogP contribution in [0, 0.1) is 0 Å². The molecule has 0 spiro atoms. The van der Waals surface area contributed by atoms with E-state index in [2.05, 4.69) is 5.32 Å². The van der Waals surface area contributed by atoms with E-state index in [-0.39, 0.29) is 25.7 Å². The Morgan fingerprint density at radius 2 is 1.65 bits per heavy atom. The van der Waals surface area contributed by atoms with Gasteiger partial charge in [-0.3, -0.25) is 9.69 Å². The van der Waals surface area contributed by atoms with Gasteiger partial charge in [-0.2, -0.15) is 0 Å². The van der Waals surface area contributed by atoms with Gasteiger partial charge in [0.2, 0.25) is 0 Å². The number of alkyl carbamates (subject to hydrolysis) is 1. The Kier molecular flexibility index (Phi) is 7.30. The van der Waals surface area contributed by atoms with Crippen LogP contribution in [-0.4, -0.2) is 71.2 Å². The van der Waals surface area contributed by atoms with Crippen LogP contribution in [0.2, 0.25) is 0 Å². The highest BCUT2D eigenvalue weighted by atomic mass is 16.6. The second-order valence-electron chi connectivity index (χ2n) is 10.8. The SMILES string of the molecule is CC(C)(C)OC[C@H](NC(=O)OCC1c2ccccc2-c2ccccc21)C(=O)N1[C@H](C(=O)O)COC1(C)C. The van der Waals surface area contributed by atoms with Crippen LogP contribution in [0.4, 0.5) is 4.79 Å². The van der Waals surface area contributed by atoms with Crippen molar-refractivity contribution in [2.45, 2.75) is 63.9 Å². The van der Waals surface area contributed by atoms with Crippen molar-refractivity contribution in [3.05, 3.63) is 59.7 Å². The first-order valence-corrected chi connectivity index (χ1v) is 12.3. The molecule has 1 aliphatic heterocycles. The maximum absolute atomic E-state index is 13.5. The Morgan fingerprint density at radius 3 is 2.19 bits per heavy atom. The zero-order valence-electron chi connectivity index (χ0n) is 21.8. The lowest BCUT2D eigenvalue weighted by atomic mass is 9.98. The zero-order valence-corrected chi connectivity index (χ0v) is 21.8. The number of nitrogens with zero attached hydrogens (tertiary/aromatic N) is 1. The van der Waals surface area contributed by atoms with Crippen LogP contribution in [0.3, 0.4) is 0 Å². The highest BCUT2D eigenvalue weighted by molar-refractivity contribution is 5.90. The van der Waals surface area contributed by atoms with E-state index in [1.54, 1.807) is 13.8 Å². The second-order valence-corrected chi connectivity index (χ2v) is 10.8. The molecule has 2 aliphatic rings. The molecule has 37 heavy (non-hydrogen) atoms. The molecule has 0 radical (unpaired) electrons. The number of benzene rings is 2. The number of aliphatic carboxylic acids is 1. The van der Waals surface area contributed by atoms with Gasteiger partial charge in [-0.25, -0.2) is 9.59 Å². The molecule has 2 aromatic carbocycles. The number of carbonyl (C=O) groups excluding carboxylic acids is 2. The summed E-state index contributed by atoms with van der Waals surface area (Å²) < 4.78 is 17.0. The van der Waals surface area contributed by atoms with Gasteiger partial charge in [0.15, 0.2) is 6.04 Å². The number of hydrogen-bond acceptors (Lipinski definition) is 6. The molecular formula is C28H34N2O7. The Hall–Kier alpha value is -3.43. The van der Waals surface area contributed by atoms with Crippen LogP contribution in [0.15, 0.2) is 48.5 Å². The van der Waals surface area contributed by atoms with Crippen molar-refractivity contribution >= 4 is 18.0 Å². The molecule has 0 bridgehead atoms. The summed E-state index contributed by atoms with van der Waals surface area (Å²) in [6.45, 7) is 8.47. The van der Waals surface area contributed by atoms with E-state index in [4.69, 9.17) is 14.2 Å². The third kappa shape index (κ3) is 5.62. The quantitative estimate of drug-likeness (QED) is 0.583. The molecule has 1 fully saturated rings. The van der Waals surface area contributed by atoms with Gasteiger partial charge in [0.05, 0.1) is 18.8 Å². The molecule has 4 rings (SSSR count). The topological polar surface area (TPSA) is 114 Å². The lowest BCUT2D eigenvalue weighted by Crippen LogP contribution is -2.59. The molecule has 9 heteroatoms. The summed E-state index contributed by atoms with van der Waals surface area (Å²) >= 11 is 0. The Morgan fingerprint density at radius 1 is 1.08 bits per heavy atom. The second kappa shape index (κ2) is 10.1. The van der Waals surface area contributed by atoms with Gasteiger partial charge in [0.1, 0.15) is 18.4 Å². The minimum Gasteiger partial charge on any atom is -0.480 e. The van der Waals surface area contributed by atoms with Crippen LogP contribution in [-0.2, 0) is 23.8 Å². The number of rotatable bonds is 7. The third-order valence-corrected chi connectivity index (χ3v) is 6.63. The third-order valence-electron chi connectivity index (χ3n) is 6.63. The summed E-state index contributed by atoms with van der Waals surface area (Å²) in [7, 11) is 0. The molecule has 2 aromatic rings. The highest BCUT2D eigenvalue weighted by Gasteiger charge is 2.49. The summed E-state index contributed by atoms with van der Waals surface area (Å²) in [6.07, 6.45) is -0.789. The van der Waals surface area contributed by atoms with Gasteiger partial charge in [-0.05, 0) is 56.9 Å². The molecule has 1 heterocycles. The van der Waals surface area contributed by atoms with E-state index in [1.165, 1.54) is 0 Å². The fourth-order valence-electron chi connectivity index (χ4n) is 4.86. The minimum absolute atomic E-state index is 0.0803. The molecule has 1 aliphatic carbocycles. The number of ether oxygens (including phenoxy) is 3. The maximum Gasteiger partial charge on any atom is 0.407 e. The first-order chi connectivity index (χ1) is 17.4. The number of carbonyl (C=O) groups is 3. The summed E-state index contributed by atoms with van der Waals surface area (Å²) in [5, 5.41) is 12.2. The molecule has 0 aromatic heterocycles. The van der Waals surface area contributed by atoms with Gasteiger partial charge >= 0.3 is 12.1 Å². The average molecular weight is 511 g/mol. The number of fused-ring (bicyclic) bond motifs is 3. The molecule has 0 saturated carbocycles. The van der Waals surface area contributed by atoms with Crippen LogP contribution in [0.5, 0.6) is 0 Å². The molecule has 9 nitrogen and oxygen atoms in total. The number of carboxylic acid groups (broad SMARTS) is 1. The number of amides is 2. The van der Waals surface area contributed by atoms with Crippen molar-refractivity contribution in [3.63, 3.8) is 0 Å². The number of nitrogens with one attached hydrogen (secondary N) is 1. The number of hydrogen-bond donors (Lipinski definition) is 2. The van der Waals surface area contributed by atoms with Gasteiger partial charge in [-0.15, -0.1) is 0 Å². The van der Waals surface area contributed by atoms with E-state index in [0.717, 1.165) is 27.2 Å². The maximum atomic E-state index is 13.5. The van der Waals surface area contributed by atoms with Crippen molar-refractivity contribution in [1.29, 1.82) is 0 Å². The Labute approximate surface area is 216 Å². The van der Waals surface area contributed by atoms with E-state index in [9.17, 15) is 19.5 Å². The number of carboxylic acids is 1. The fraction of sp³-hybridized carbons (Fsp3) is 0.464. The van der Waals surface area contributed by atoms with Crippen molar-refractivity contribution in [3.8, 4) is 11.1 Å². The zero-order chi connectivity index (χ0) is 27.0.